The van der Waals surface area contributed by atoms with Crippen LogP contribution in [0.15, 0.2) is 0 Å². The minimum atomic E-state index is 0.343. The first kappa shape index (κ1) is 16.3. The van der Waals surface area contributed by atoms with E-state index in [0.29, 0.717) is 16.9 Å². The van der Waals surface area contributed by atoms with Gasteiger partial charge in [-0.1, -0.05) is 60.3 Å². The van der Waals surface area contributed by atoms with Crippen molar-refractivity contribution in [2.45, 2.75) is 92.0 Å². The van der Waals surface area contributed by atoms with Gasteiger partial charge in [0, 0.05) is 6.04 Å². The fraction of sp³-hybridized carbons (Fsp3) is 1.00. The molecule has 0 heterocycles. The molecule has 20 heavy (non-hydrogen) atoms. The Balaban J connectivity index is 1.56. The largest absolute Gasteiger partial charge is 0.327 e. The second-order valence-corrected chi connectivity index (χ2v) is 9.14. The molecule has 2 aliphatic carbocycles. The van der Waals surface area contributed by atoms with Crippen molar-refractivity contribution >= 4 is 0 Å². The van der Waals surface area contributed by atoms with Crippen molar-refractivity contribution in [1.29, 1.82) is 0 Å². The lowest BCUT2D eigenvalue weighted by molar-refractivity contribution is 0.224. The quantitative estimate of drug-likeness (QED) is 0.534. The lowest BCUT2D eigenvalue weighted by Gasteiger charge is -2.32. The van der Waals surface area contributed by atoms with E-state index in [1.807, 2.05) is 0 Å². The van der Waals surface area contributed by atoms with Crippen molar-refractivity contribution in [3.63, 3.8) is 0 Å². The van der Waals surface area contributed by atoms with Gasteiger partial charge in [-0.05, 0) is 54.3 Å². The summed E-state index contributed by atoms with van der Waals surface area (Å²) in [5.41, 5.74) is 7.36. The molecule has 0 saturated heterocycles. The Kier molecular flexibility index (Phi) is 4.89. The zero-order chi connectivity index (χ0) is 15.0. The Bertz CT molecular complexity index is 310. The van der Waals surface area contributed by atoms with Crippen LogP contribution in [-0.2, 0) is 0 Å². The molecule has 118 valence electrons. The average molecular weight is 280 g/mol. The third kappa shape index (κ3) is 4.23. The number of rotatable bonds is 10. The van der Waals surface area contributed by atoms with Gasteiger partial charge in [-0.15, -0.1) is 0 Å². The van der Waals surface area contributed by atoms with Gasteiger partial charge in [-0.25, -0.2) is 0 Å². The van der Waals surface area contributed by atoms with Crippen LogP contribution in [0.1, 0.15) is 86.0 Å². The first-order valence-corrected chi connectivity index (χ1v) is 9.02. The molecule has 0 bridgehead atoms. The Hall–Kier alpha value is -0.0400. The summed E-state index contributed by atoms with van der Waals surface area (Å²) >= 11 is 0. The molecule has 0 radical (unpaired) electrons. The van der Waals surface area contributed by atoms with Crippen LogP contribution in [0.3, 0.4) is 0 Å². The van der Waals surface area contributed by atoms with E-state index in [0.717, 1.165) is 17.8 Å². The Labute approximate surface area is 127 Å². The van der Waals surface area contributed by atoms with Crippen LogP contribution in [-0.4, -0.2) is 6.04 Å². The number of hydrogen-bond donors (Lipinski definition) is 1. The molecule has 2 N–H and O–H groups in total. The van der Waals surface area contributed by atoms with E-state index in [2.05, 4.69) is 34.6 Å². The smallest absolute Gasteiger partial charge is 0.00931 e. The van der Waals surface area contributed by atoms with Crippen LogP contribution < -0.4 is 5.73 Å². The molecule has 0 aromatic heterocycles. The van der Waals surface area contributed by atoms with Gasteiger partial charge in [-0.2, -0.15) is 0 Å². The first-order valence-electron chi connectivity index (χ1n) is 9.02. The van der Waals surface area contributed by atoms with Crippen molar-refractivity contribution in [3.05, 3.63) is 0 Å². The Morgan fingerprint density at radius 1 is 1.00 bits per heavy atom. The predicted octanol–water partition coefficient (Wildman–Crippen LogP) is 5.38. The third-order valence-corrected chi connectivity index (χ3v) is 6.51. The van der Waals surface area contributed by atoms with E-state index < -0.39 is 0 Å². The van der Waals surface area contributed by atoms with Crippen LogP contribution in [0.5, 0.6) is 0 Å². The molecule has 2 saturated carbocycles. The highest BCUT2D eigenvalue weighted by molar-refractivity contribution is 5.13. The lowest BCUT2D eigenvalue weighted by atomic mass is 9.76. The monoisotopic (exact) mass is 279 g/mol. The molecule has 3 unspecified atom stereocenters. The van der Waals surface area contributed by atoms with E-state index in [9.17, 15) is 0 Å². The third-order valence-electron chi connectivity index (χ3n) is 6.51. The molecule has 2 fully saturated rings. The molecule has 2 rings (SSSR count). The Morgan fingerprint density at radius 2 is 1.60 bits per heavy atom. The normalized spacial score (nSPS) is 30.0. The standard InChI is InChI=1S/C19H37N/c1-6-18(2,3)10-8-7-9-11-19(4,5)17(20)13-16-14-12-15(14)16/h14-17H,6-13,20H2,1-5H3. The van der Waals surface area contributed by atoms with Crippen LogP contribution in [0, 0.1) is 28.6 Å². The molecule has 0 aromatic carbocycles. The van der Waals surface area contributed by atoms with Crippen molar-refractivity contribution in [3.8, 4) is 0 Å². The van der Waals surface area contributed by atoms with Gasteiger partial charge in [0.25, 0.3) is 0 Å². The van der Waals surface area contributed by atoms with Crippen LogP contribution in [0.4, 0.5) is 0 Å². The fourth-order valence-corrected chi connectivity index (χ4v) is 3.60. The second-order valence-electron chi connectivity index (χ2n) is 9.14. The summed E-state index contributed by atoms with van der Waals surface area (Å²) in [6.07, 6.45) is 10.9. The molecule has 0 amide bonds. The highest BCUT2D eigenvalue weighted by atomic mass is 14.7. The Morgan fingerprint density at radius 3 is 2.10 bits per heavy atom. The zero-order valence-electron chi connectivity index (χ0n) is 14.5. The number of unbranched alkanes of at least 4 members (excludes halogenated alkanes) is 2. The topological polar surface area (TPSA) is 26.0 Å². The van der Waals surface area contributed by atoms with Gasteiger partial charge in [0.2, 0.25) is 0 Å². The summed E-state index contributed by atoms with van der Waals surface area (Å²) < 4.78 is 0. The van der Waals surface area contributed by atoms with Gasteiger partial charge in [0.1, 0.15) is 0 Å². The molecule has 0 aromatic rings. The van der Waals surface area contributed by atoms with E-state index in [4.69, 9.17) is 5.73 Å². The van der Waals surface area contributed by atoms with Crippen molar-refractivity contribution in [2.24, 2.45) is 34.3 Å². The van der Waals surface area contributed by atoms with E-state index in [1.54, 1.807) is 0 Å². The van der Waals surface area contributed by atoms with Gasteiger partial charge in [0.15, 0.2) is 0 Å². The van der Waals surface area contributed by atoms with Crippen LogP contribution >= 0.6 is 0 Å². The van der Waals surface area contributed by atoms with Crippen molar-refractivity contribution in [2.75, 3.05) is 0 Å². The summed E-state index contributed by atoms with van der Waals surface area (Å²) in [7, 11) is 0. The summed E-state index contributed by atoms with van der Waals surface area (Å²) in [6, 6.07) is 0.424. The highest BCUT2D eigenvalue weighted by Gasteiger charge is 2.63. The van der Waals surface area contributed by atoms with E-state index in [1.165, 1.54) is 51.4 Å². The average Bonchev–Trinajstić information content (AvgIpc) is 3.25. The fourth-order valence-electron chi connectivity index (χ4n) is 3.60. The molecule has 2 aliphatic rings. The zero-order valence-corrected chi connectivity index (χ0v) is 14.5. The van der Waals surface area contributed by atoms with Crippen molar-refractivity contribution < 1.29 is 0 Å². The lowest BCUT2D eigenvalue weighted by Crippen LogP contribution is -2.38. The predicted molar refractivity (Wildman–Crippen MR) is 88.6 cm³/mol. The molecule has 3 atom stereocenters. The van der Waals surface area contributed by atoms with E-state index in [-0.39, 0.29) is 0 Å². The number of fused-ring (bicyclic) bond motifs is 1. The maximum atomic E-state index is 6.48. The summed E-state index contributed by atoms with van der Waals surface area (Å²) in [5.74, 6) is 3.23. The highest BCUT2D eigenvalue weighted by Crippen LogP contribution is 2.70. The van der Waals surface area contributed by atoms with E-state index >= 15 is 0 Å². The van der Waals surface area contributed by atoms with Crippen LogP contribution in [0.25, 0.3) is 0 Å². The van der Waals surface area contributed by atoms with Gasteiger partial charge >= 0.3 is 0 Å². The minimum Gasteiger partial charge on any atom is -0.327 e. The molecular formula is C19H37N. The maximum Gasteiger partial charge on any atom is 0.00931 e. The van der Waals surface area contributed by atoms with Gasteiger partial charge in [-0.3, -0.25) is 0 Å². The summed E-state index contributed by atoms with van der Waals surface area (Å²) in [4.78, 5) is 0. The second kappa shape index (κ2) is 5.99. The molecule has 1 nitrogen and oxygen atoms in total. The molecular weight excluding hydrogens is 242 g/mol. The molecule has 1 heteroatoms. The minimum absolute atomic E-state index is 0.343. The maximum absolute atomic E-state index is 6.48. The first-order chi connectivity index (χ1) is 9.27. The molecule has 0 spiro atoms. The van der Waals surface area contributed by atoms with Crippen LogP contribution in [0.2, 0.25) is 0 Å². The number of nitrogens with two attached hydrogens (primary N) is 1. The van der Waals surface area contributed by atoms with Crippen molar-refractivity contribution in [1.82, 2.24) is 0 Å². The summed E-state index contributed by atoms with van der Waals surface area (Å²) in [6.45, 7) is 11.9. The summed E-state index contributed by atoms with van der Waals surface area (Å²) in [5, 5.41) is 0. The van der Waals surface area contributed by atoms with Gasteiger partial charge < -0.3 is 5.73 Å². The number of hydrogen-bond acceptors (Lipinski definition) is 1. The van der Waals surface area contributed by atoms with Gasteiger partial charge in [0.05, 0.1) is 0 Å². The SMILES string of the molecule is CCC(C)(C)CCCCCC(C)(C)C(N)CC1C2CC21. The molecule has 0 aliphatic heterocycles.